The van der Waals surface area contributed by atoms with Crippen molar-refractivity contribution in [1.82, 2.24) is 4.90 Å². The molecule has 0 bridgehead atoms. The van der Waals surface area contributed by atoms with Gasteiger partial charge >= 0.3 is 0 Å². The third-order valence-electron chi connectivity index (χ3n) is 3.24. The Kier molecular flexibility index (Phi) is 3.31. The van der Waals surface area contributed by atoms with Crippen LogP contribution in [0.5, 0.6) is 0 Å². The van der Waals surface area contributed by atoms with Crippen LogP contribution >= 0.6 is 0 Å². The highest BCUT2D eigenvalue weighted by Gasteiger charge is 2.17. The molecule has 1 N–H and O–H groups in total. The van der Waals surface area contributed by atoms with E-state index in [-0.39, 0.29) is 0 Å². The molecule has 0 atom stereocenters. The van der Waals surface area contributed by atoms with E-state index in [0.29, 0.717) is 0 Å². The van der Waals surface area contributed by atoms with Gasteiger partial charge in [0.15, 0.2) is 0 Å². The first kappa shape index (κ1) is 11.6. The van der Waals surface area contributed by atoms with Crippen LogP contribution in [0.3, 0.4) is 0 Å². The Labute approximate surface area is 97.9 Å². The molecule has 1 heterocycles. The molecule has 2 rings (SSSR count). The summed E-state index contributed by atoms with van der Waals surface area (Å²) in [6.07, 6.45) is 2.65. The molecule has 0 amide bonds. The van der Waals surface area contributed by atoms with Crippen molar-refractivity contribution in [2.45, 2.75) is 38.8 Å². The normalized spacial score (nSPS) is 17.9. The SMILES string of the molecule is CC(C)(O)c1cccc(CN2CCCC2)c1. The summed E-state index contributed by atoms with van der Waals surface area (Å²) in [6.45, 7) is 7.12. The summed E-state index contributed by atoms with van der Waals surface area (Å²) in [5, 5.41) is 9.96. The van der Waals surface area contributed by atoms with Gasteiger partial charge in [0.2, 0.25) is 0 Å². The van der Waals surface area contributed by atoms with E-state index < -0.39 is 5.60 Å². The molecule has 1 aromatic carbocycles. The maximum Gasteiger partial charge on any atom is 0.0840 e. The molecule has 2 nitrogen and oxygen atoms in total. The van der Waals surface area contributed by atoms with Gasteiger partial charge in [-0.05, 0) is 50.9 Å². The fourth-order valence-electron chi connectivity index (χ4n) is 2.25. The monoisotopic (exact) mass is 219 g/mol. The van der Waals surface area contributed by atoms with Crippen molar-refractivity contribution >= 4 is 0 Å². The van der Waals surface area contributed by atoms with Crippen LogP contribution in [0.15, 0.2) is 24.3 Å². The van der Waals surface area contributed by atoms with Gasteiger partial charge < -0.3 is 5.11 Å². The lowest BCUT2D eigenvalue weighted by Crippen LogP contribution is -2.20. The molecule has 1 saturated heterocycles. The molecule has 1 fully saturated rings. The Bertz CT molecular complexity index is 348. The zero-order valence-corrected chi connectivity index (χ0v) is 10.2. The summed E-state index contributed by atoms with van der Waals surface area (Å²) in [6, 6.07) is 8.30. The third kappa shape index (κ3) is 2.83. The second-order valence-corrected chi connectivity index (χ2v) is 5.24. The minimum absolute atomic E-state index is 0.735. The Hall–Kier alpha value is -0.860. The van der Waals surface area contributed by atoms with E-state index in [0.717, 1.165) is 12.1 Å². The van der Waals surface area contributed by atoms with Crippen LogP contribution in [0.25, 0.3) is 0 Å². The number of likely N-dealkylation sites (tertiary alicyclic amines) is 1. The van der Waals surface area contributed by atoms with Crippen LogP contribution in [-0.2, 0) is 12.1 Å². The maximum absolute atomic E-state index is 9.96. The molecular formula is C14H21NO. The first-order chi connectivity index (χ1) is 7.55. The predicted octanol–water partition coefficient (Wildman–Crippen LogP) is 2.51. The zero-order chi connectivity index (χ0) is 11.6. The van der Waals surface area contributed by atoms with Gasteiger partial charge in [-0.15, -0.1) is 0 Å². The summed E-state index contributed by atoms with van der Waals surface area (Å²) in [4.78, 5) is 2.48. The second kappa shape index (κ2) is 4.56. The molecule has 0 unspecified atom stereocenters. The van der Waals surface area contributed by atoms with E-state index in [1.54, 1.807) is 0 Å². The van der Waals surface area contributed by atoms with E-state index in [1.807, 2.05) is 26.0 Å². The van der Waals surface area contributed by atoms with Crippen molar-refractivity contribution in [3.05, 3.63) is 35.4 Å². The zero-order valence-electron chi connectivity index (χ0n) is 10.2. The van der Waals surface area contributed by atoms with Crippen molar-refractivity contribution in [2.24, 2.45) is 0 Å². The Balaban J connectivity index is 2.09. The highest BCUT2D eigenvalue weighted by molar-refractivity contribution is 5.27. The lowest BCUT2D eigenvalue weighted by molar-refractivity contribution is 0.0784. The summed E-state index contributed by atoms with van der Waals surface area (Å²) in [5.41, 5.74) is 1.58. The van der Waals surface area contributed by atoms with Crippen molar-refractivity contribution in [3.8, 4) is 0 Å². The summed E-state index contributed by atoms with van der Waals surface area (Å²) >= 11 is 0. The number of hydrogen-bond donors (Lipinski definition) is 1. The highest BCUT2D eigenvalue weighted by Crippen LogP contribution is 2.21. The third-order valence-corrected chi connectivity index (χ3v) is 3.24. The van der Waals surface area contributed by atoms with E-state index in [9.17, 15) is 5.11 Å². The lowest BCUT2D eigenvalue weighted by atomic mass is 9.96. The van der Waals surface area contributed by atoms with Gasteiger partial charge in [-0.1, -0.05) is 24.3 Å². The fraction of sp³-hybridized carbons (Fsp3) is 0.571. The van der Waals surface area contributed by atoms with Crippen molar-refractivity contribution in [2.75, 3.05) is 13.1 Å². The number of nitrogens with zero attached hydrogens (tertiary/aromatic N) is 1. The quantitative estimate of drug-likeness (QED) is 0.844. The largest absolute Gasteiger partial charge is 0.386 e. The summed E-state index contributed by atoms with van der Waals surface area (Å²) in [7, 11) is 0. The summed E-state index contributed by atoms with van der Waals surface area (Å²) < 4.78 is 0. The van der Waals surface area contributed by atoms with Gasteiger partial charge in [0.25, 0.3) is 0 Å². The Morgan fingerprint density at radius 2 is 1.94 bits per heavy atom. The molecule has 0 aromatic heterocycles. The van der Waals surface area contributed by atoms with Crippen molar-refractivity contribution in [3.63, 3.8) is 0 Å². The average molecular weight is 219 g/mol. The van der Waals surface area contributed by atoms with Gasteiger partial charge in [0.05, 0.1) is 5.60 Å². The lowest BCUT2D eigenvalue weighted by Gasteiger charge is -2.20. The topological polar surface area (TPSA) is 23.5 Å². The van der Waals surface area contributed by atoms with Crippen LogP contribution in [0, 0.1) is 0 Å². The smallest absolute Gasteiger partial charge is 0.0840 e. The molecule has 0 saturated carbocycles. The van der Waals surface area contributed by atoms with Crippen LogP contribution in [0.1, 0.15) is 37.8 Å². The van der Waals surface area contributed by atoms with Gasteiger partial charge in [0.1, 0.15) is 0 Å². The predicted molar refractivity (Wildman–Crippen MR) is 66.2 cm³/mol. The fourth-order valence-corrected chi connectivity index (χ4v) is 2.25. The number of benzene rings is 1. The highest BCUT2D eigenvalue weighted by atomic mass is 16.3. The van der Waals surface area contributed by atoms with Crippen LogP contribution in [0.4, 0.5) is 0 Å². The molecule has 1 aliphatic heterocycles. The van der Waals surface area contributed by atoms with Crippen molar-refractivity contribution in [1.29, 1.82) is 0 Å². The van der Waals surface area contributed by atoms with Gasteiger partial charge in [-0.3, -0.25) is 4.90 Å². The molecule has 2 heteroatoms. The van der Waals surface area contributed by atoms with E-state index in [2.05, 4.69) is 17.0 Å². The molecular weight excluding hydrogens is 198 g/mol. The van der Waals surface area contributed by atoms with Gasteiger partial charge in [0, 0.05) is 6.54 Å². The number of hydrogen-bond acceptors (Lipinski definition) is 2. The number of aliphatic hydroxyl groups is 1. The number of rotatable bonds is 3. The van der Waals surface area contributed by atoms with Crippen LogP contribution < -0.4 is 0 Å². The van der Waals surface area contributed by atoms with Crippen LogP contribution in [-0.4, -0.2) is 23.1 Å². The van der Waals surface area contributed by atoms with Crippen molar-refractivity contribution < 1.29 is 5.11 Å². The van der Waals surface area contributed by atoms with E-state index >= 15 is 0 Å². The molecule has 1 aliphatic rings. The molecule has 16 heavy (non-hydrogen) atoms. The molecule has 0 radical (unpaired) electrons. The molecule has 88 valence electrons. The average Bonchev–Trinajstić information content (AvgIpc) is 2.70. The minimum atomic E-state index is -0.735. The standard InChI is InChI=1S/C14H21NO/c1-14(2,16)13-7-5-6-12(10-13)11-15-8-3-4-9-15/h5-7,10,16H,3-4,8-9,11H2,1-2H3. The van der Waals surface area contributed by atoms with E-state index in [1.165, 1.54) is 31.5 Å². The van der Waals surface area contributed by atoms with E-state index in [4.69, 9.17) is 0 Å². The molecule has 0 spiro atoms. The minimum Gasteiger partial charge on any atom is -0.386 e. The Morgan fingerprint density at radius 3 is 2.56 bits per heavy atom. The first-order valence-corrected chi connectivity index (χ1v) is 6.10. The maximum atomic E-state index is 9.96. The Morgan fingerprint density at radius 1 is 1.25 bits per heavy atom. The van der Waals surface area contributed by atoms with Gasteiger partial charge in [-0.2, -0.15) is 0 Å². The molecule has 1 aromatic rings. The second-order valence-electron chi connectivity index (χ2n) is 5.24. The molecule has 0 aliphatic carbocycles. The first-order valence-electron chi connectivity index (χ1n) is 6.10. The summed E-state index contributed by atoms with van der Waals surface area (Å²) in [5.74, 6) is 0. The van der Waals surface area contributed by atoms with Crippen LogP contribution in [0.2, 0.25) is 0 Å². The van der Waals surface area contributed by atoms with Gasteiger partial charge in [-0.25, -0.2) is 0 Å².